The van der Waals surface area contributed by atoms with Crippen LogP contribution in [0, 0.1) is 0 Å². The van der Waals surface area contributed by atoms with Gasteiger partial charge in [-0.25, -0.2) is 0 Å². The number of rotatable bonds is 5. The number of likely N-dealkylation sites (N-methyl/N-ethyl adjacent to an activating group) is 1. The van der Waals surface area contributed by atoms with Crippen molar-refractivity contribution in [2.75, 3.05) is 13.6 Å². The Balaban J connectivity index is 3.95. The van der Waals surface area contributed by atoms with E-state index in [4.69, 9.17) is 11.5 Å². The number of hydrogen-bond donors (Lipinski definition) is 3. The van der Waals surface area contributed by atoms with Gasteiger partial charge in [0.25, 0.3) is 0 Å². The number of aliphatic imine (C=N–C) groups is 1. The molecule has 0 saturated heterocycles. The number of carbonyl (C=O) groups excluding carboxylic acids is 1. The lowest BCUT2D eigenvalue weighted by Crippen LogP contribution is -2.23. The van der Waals surface area contributed by atoms with Gasteiger partial charge in [-0.05, 0) is 6.42 Å². The van der Waals surface area contributed by atoms with E-state index in [2.05, 4.69) is 10.3 Å². The van der Waals surface area contributed by atoms with E-state index in [1.54, 1.807) is 13.1 Å². The largest absolute Gasteiger partial charge is 0.386 e. The minimum absolute atomic E-state index is 0.00667. The molecule has 5 nitrogen and oxygen atoms in total. The monoisotopic (exact) mass is 184 g/mol. The fourth-order valence-corrected chi connectivity index (χ4v) is 0.824. The normalized spacial score (nSPS) is 10.8. The Labute approximate surface area is 77.9 Å². The van der Waals surface area contributed by atoms with E-state index in [9.17, 15) is 4.79 Å². The molecule has 0 aromatic rings. The molecule has 0 unspecified atom stereocenters. The summed E-state index contributed by atoms with van der Waals surface area (Å²) >= 11 is 0. The zero-order chi connectivity index (χ0) is 10.3. The Kier molecular flexibility index (Phi) is 5.34. The summed E-state index contributed by atoms with van der Waals surface area (Å²) < 4.78 is 0. The van der Waals surface area contributed by atoms with Gasteiger partial charge in [-0.15, -0.1) is 0 Å². The van der Waals surface area contributed by atoms with Crippen LogP contribution < -0.4 is 16.8 Å². The first-order valence-electron chi connectivity index (χ1n) is 4.02. The topological polar surface area (TPSA) is 93.5 Å². The summed E-state index contributed by atoms with van der Waals surface area (Å²) in [4.78, 5) is 14.7. The molecule has 0 atom stereocenters. The van der Waals surface area contributed by atoms with Crippen LogP contribution in [0.25, 0.3) is 0 Å². The van der Waals surface area contributed by atoms with E-state index in [1.807, 2.05) is 0 Å². The lowest BCUT2D eigenvalue weighted by atomic mass is 10.2. The third kappa shape index (κ3) is 5.72. The molecule has 0 fully saturated rings. The smallest absolute Gasteiger partial charge is 0.185 e. The molecule has 0 aliphatic carbocycles. The molecule has 0 rings (SSSR count). The number of guanidine groups is 1. The van der Waals surface area contributed by atoms with Crippen molar-refractivity contribution < 1.29 is 4.79 Å². The summed E-state index contributed by atoms with van der Waals surface area (Å²) in [5, 5.41) is 2.79. The van der Waals surface area contributed by atoms with Crippen molar-refractivity contribution in [3.05, 3.63) is 11.8 Å². The summed E-state index contributed by atoms with van der Waals surface area (Å²) in [5.41, 5.74) is 10.8. The molecular weight excluding hydrogens is 168 g/mol. The Hall–Kier alpha value is -1.52. The average Bonchev–Trinajstić information content (AvgIpc) is 2.03. The molecule has 0 aromatic heterocycles. The van der Waals surface area contributed by atoms with Crippen LogP contribution in [0.4, 0.5) is 0 Å². The van der Waals surface area contributed by atoms with E-state index in [1.165, 1.54) is 6.92 Å². The van der Waals surface area contributed by atoms with Crippen LogP contribution in [0.5, 0.6) is 0 Å². The highest BCUT2D eigenvalue weighted by Crippen LogP contribution is 1.93. The number of hydrogen-bond acceptors (Lipinski definition) is 3. The maximum atomic E-state index is 10.9. The second-order valence-corrected chi connectivity index (χ2v) is 2.52. The van der Waals surface area contributed by atoms with Crippen molar-refractivity contribution in [3.8, 4) is 0 Å². The Morgan fingerprint density at radius 1 is 1.54 bits per heavy atom. The summed E-state index contributed by atoms with van der Waals surface area (Å²) in [6.07, 6.45) is 2.42. The van der Waals surface area contributed by atoms with Crippen LogP contribution in [-0.2, 0) is 4.79 Å². The van der Waals surface area contributed by atoms with Crippen LogP contribution in [-0.4, -0.2) is 25.3 Å². The fraction of sp³-hybridized carbons (Fsp3) is 0.500. The van der Waals surface area contributed by atoms with E-state index < -0.39 is 0 Å². The predicted octanol–water partition coefficient (Wildman–Crippen LogP) is -0.658. The summed E-state index contributed by atoms with van der Waals surface area (Å²) in [6.45, 7) is 2.00. The second kappa shape index (κ2) is 6.05. The maximum Gasteiger partial charge on any atom is 0.185 e. The first kappa shape index (κ1) is 11.5. The number of nitrogens with one attached hydrogen (secondary N) is 1. The van der Waals surface area contributed by atoms with Gasteiger partial charge in [0.05, 0.1) is 5.70 Å². The SMILES string of the molecule is CN/C(=C/CCN=C(N)N)C(C)=O. The highest BCUT2D eigenvalue weighted by Gasteiger charge is 1.97. The molecule has 0 saturated carbocycles. The minimum atomic E-state index is 0.00667. The number of ketones is 1. The zero-order valence-corrected chi connectivity index (χ0v) is 8.00. The quantitative estimate of drug-likeness (QED) is 0.229. The van der Waals surface area contributed by atoms with Gasteiger partial charge in [-0.2, -0.15) is 0 Å². The molecule has 5 N–H and O–H groups in total. The minimum Gasteiger partial charge on any atom is -0.386 e. The molecule has 0 aliphatic rings. The molecular formula is C8H16N4O. The number of Topliss-reactive ketones (excluding diaryl/α,β-unsaturated/α-hetero) is 1. The lowest BCUT2D eigenvalue weighted by molar-refractivity contribution is -0.113. The average molecular weight is 184 g/mol. The zero-order valence-electron chi connectivity index (χ0n) is 8.00. The van der Waals surface area contributed by atoms with Crippen LogP contribution in [0.2, 0.25) is 0 Å². The molecule has 0 radical (unpaired) electrons. The highest BCUT2D eigenvalue weighted by atomic mass is 16.1. The van der Waals surface area contributed by atoms with Crippen LogP contribution in [0.15, 0.2) is 16.8 Å². The maximum absolute atomic E-state index is 10.9. The fourth-order valence-electron chi connectivity index (χ4n) is 0.824. The van der Waals surface area contributed by atoms with Crippen LogP contribution in [0.1, 0.15) is 13.3 Å². The van der Waals surface area contributed by atoms with Gasteiger partial charge >= 0.3 is 0 Å². The number of carbonyl (C=O) groups is 1. The third-order valence-corrected chi connectivity index (χ3v) is 1.42. The van der Waals surface area contributed by atoms with Crippen molar-refractivity contribution in [1.82, 2.24) is 5.32 Å². The highest BCUT2D eigenvalue weighted by molar-refractivity contribution is 5.92. The van der Waals surface area contributed by atoms with Gasteiger partial charge in [0, 0.05) is 20.5 Å². The molecule has 0 bridgehead atoms. The summed E-state index contributed by atoms with van der Waals surface area (Å²) in [7, 11) is 1.70. The number of nitrogens with zero attached hydrogens (tertiary/aromatic N) is 1. The molecule has 0 spiro atoms. The van der Waals surface area contributed by atoms with Crippen molar-refractivity contribution in [1.29, 1.82) is 0 Å². The first-order chi connectivity index (χ1) is 6.07. The number of allylic oxidation sites excluding steroid dienone is 1. The van der Waals surface area contributed by atoms with E-state index in [-0.39, 0.29) is 11.7 Å². The number of nitrogens with two attached hydrogens (primary N) is 2. The molecule has 0 amide bonds. The van der Waals surface area contributed by atoms with Gasteiger partial charge < -0.3 is 16.8 Å². The van der Waals surface area contributed by atoms with Gasteiger partial charge in [-0.3, -0.25) is 9.79 Å². The summed E-state index contributed by atoms with van der Waals surface area (Å²) in [5.74, 6) is 0.0782. The van der Waals surface area contributed by atoms with Crippen LogP contribution in [0.3, 0.4) is 0 Å². The Morgan fingerprint density at radius 3 is 2.54 bits per heavy atom. The van der Waals surface area contributed by atoms with E-state index in [0.29, 0.717) is 18.7 Å². The standard InChI is InChI=1S/C8H16N4O/c1-6(13)7(11-2)4-3-5-12-8(9)10/h4,11H,3,5H2,1-2H3,(H4,9,10,12)/b7-4+. The molecule has 74 valence electrons. The molecule has 0 aromatic carbocycles. The molecule has 13 heavy (non-hydrogen) atoms. The van der Waals surface area contributed by atoms with Gasteiger partial charge in [-0.1, -0.05) is 6.08 Å². The summed E-state index contributed by atoms with van der Waals surface area (Å²) in [6, 6.07) is 0. The van der Waals surface area contributed by atoms with Gasteiger partial charge in [0.2, 0.25) is 0 Å². The first-order valence-corrected chi connectivity index (χ1v) is 4.02. The predicted molar refractivity (Wildman–Crippen MR) is 53.1 cm³/mol. The molecule has 5 heteroatoms. The van der Waals surface area contributed by atoms with Crippen molar-refractivity contribution in [2.24, 2.45) is 16.5 Å². The third-order valence-electron chi connectivity index (χ3n) is 1.42. The van der Waals surface area contributed by atoms with Crippen LogP contribution >= 0.6 is 0 Å². The van der Waals surface area contributed by atoms with Crippen molar-refractivity contribution in [2.45, 2.75) is 13.3 Å². The molecule has 0 aliphatic heterocycles. The molecule has 0 heterocycles. The van der Waals surface area contributed by atoms with Gasteiger partial charge in [0.1, 0.15) is 0 Å². The van der Waals surface area contributed by atoms with Gasteiger partial charge in [0.15, 0.2) is 11.7 Å². The van der Waals surface area contributed by atoms with E-state index in [0.717, 1.165) is 0 Å². The second-order valence-electron chi connectivity index (χ2n) is 2.52. The van der Waals surface area contributed by atoms with Crippen molar-refractivity contribution in [3.63, 3.8) is 0 Å². The Bertz CT molecular complexity index is 228. The lowest BCUT2D eigenvalue weighted by Gasteiger charge is -2.00. The van der Waals surface area contributed by atoms with E-state index >= 15 is 0 Å². The van der Waals surface area contributed by atoms with Crippen molar-refractivity contribution >= 4 is 11.7 Å². The Morgan fingerprint density at radius 2 is 2.15 bits per heavy atom.